The van der Waals surface area contributed by atoms with Crippen LogP contribution in [0.1, 0.15) is 57.4 Å². The number of nitro groups is 1. The van der Waals surface area contributed by atoms with Gasteiger partial charge in [0.05, 0.1) is 4.92 Å². The molecule has 0 N–H and O–H groups in total. The molecule has 0 unspecified atom stereocenters. The number of carbonyl (C=O) groups is 1. The molecule has 0 aliphatic rings. The van der Waals surface area contributed by atoms with Crippen molar-refractivity contribution in [2.75, 3.05) is 0 Å². The molecule has 0 aliphatic carbocycles. The first-order chi connectivity index (χ1) is 10.1. The van der Waals surface area contributed by atoms with Gasteiger partial charge in [-0.15, -0.1) is 0 Å². The standard InChI is InChI=1S/C17H23NO3/c1-2-3-4-5-6-7-8-17(19)14-11-15-9-12-16(13-10-15)18(20)21/h9-14H,2-8H2,1H3/b14-11+. The Morgan fingerprint density at radius 3 is 2.33 bits per heavy atom. The summed E-state index contributed by atoms with van der Waals surface area (Å²) in [5.41, 5.74) is 0.863. The number of nitro benzene ring substituents is 1. The molecule has 1 aromatic carbocycles. The fourth-order valence-electron chi connectivity index (χ4n) is 2.06. The average Bonchev–Trinajstić information content (AvgIpc) is 2.49. The van der Waals surface area contributed by atoms with Gasteiger partial charge in [0.15, 0.2) is 5.78 Å². The molecule has 0 atom stereocenters. The van der Waals surface area contributed by atoms with Crippen molar-refractivity contribution in [3.05, 3.63) is 46.0 Å². The highest BCUT2D eigenvalue weighted by atomic mass is 16.6. The maximum Gasteiger partial charge on any atom is 0.269 e. The molecule has 0 heterocycles. The minimum atomic E-state index is -0.433. The number of hydrogen-bond acceptors (Lipinski definition) is 3. The van der Waals surface area contributed by atoms with E-state index in [0.717, 1.165) is 18.4 Å². The smallest absolute Gasteiger partial charge is 0.269 e. The summed E-state index contributed by atoms with van der Waals surface area (Å²) >= 11 is 0. The van der Waals surface area contributed by atoms with E-state index in [1.54, 1.807) is 24.3 Å². The number of hydrogen-bond donors (Lipinski definition) is 0. The van der Waals surface area contributed by atoms with Gasteiger partial charge in [-0.2, -0.15) is 0 Å². The van der Waals surface area contributed by atoms with Crippen LogP contribution in [-0.4, -0.2) is 10.7 Å². The van der Waals surface area contributed by atoms with Crippen LogP contribution in [0.25, 0.3) is 6.08 Å². The number of non-ortho nitro benzene ring substituents is 1. The van der Waals surface area contributed by atoms with Crippen LogP contribution in [0.5, 0.6) is 0 Å². The zero-order valence-corrected chi connectivity index (χ0v) is 12.6. The Balaban J connectivity index is 2.28. The first kappa shape index (κ1) is 17.1. The van der Waals surface area contributed by atoms with E-state index < -0.39 is 4.92 Å². The molecule has 0 saturated heterocycles. The summed E-state index contributed by atoms with van der Waals surface area (Å²) in [5.74, 6) is 0.115. The number of ketones is 1. The van der Waals surface area contributed by atoms with Crippen LogP contribution in [0.3, 0.4) is 0 Å². The third-order valence-electron chi connectivity index (χ3n) is 3.34. The fourth-order valence-corrected chi connectivity index (χ4v) is 2.06. The summed E-state index contributed by atoms with van der Waals surface area (Å²) in [6.45, 7) is 2.19. The normalized spacial score (nSPS) is 10.9. The molecule has 1 aromatic rings. The Bertz CT molecular complexity index is 477. The molecule has 114 valence electrons. The molecule has 21 heavy (non-hydrogen) atoms. The second-order valence-electron chi connectivity index (χ2n) is 5.17. The molecular weight excluding hydrogens is 266 g/mol. The van der Waals surface area contributed by atoms with Crippen molar-refractivity contribution in [1.82, 2.24) is 0 Å². The van der Waals surface area contributed by atoms with Crippen LogP contribution in [0, 0.1) is 10.1 Å². The predicted molar refractivity (Wildman–Crippen MR) is 85.1 cm³/mol. The van der Waals surface area contributed by atoms with Gasteiger partial charge in [0.2, 0.25) is 0 Å². The Hall–Kier alpha value is -1.97. The van der Waals surface area contributed by atoms with Gasteiger partial charge in [-0.25, -0.2) is 0 Å². The van der Waals surface area contributed by atoms with Crippen LogP contribution >= 0.6 is 0 Å². The number of rotatable bonds is 10. The van der Waals surface area contributed by atoms with E-state index >= 15 is 0 Å². The molecule has 0 aromatic heterocycles. The molecule has 4 nitrogen and oxygen atoms in total. The van der Waals surface area contributed by atoms with Crippen LogP contribution in [0.4, 0.5) is 5.69 Å². The molecule has 0 fully saturated rings. The van der Waals surface area contributed by atoms with Gasteiger partial charge in [-0.05, 0) is 30.2 Å². The van der Waals surface area contributed by atoms with Gasteiger partial charge < -0.3 is 0 Å². The lowest BCUT2D eigenvalue weighted by Gasteiger charge is -1.98. The van der Waals surface area contributed by atoms with Crippen molar-refractivity contribution in [3.63, 3.8) is 0 Å². The summed E-state index contributed by atoms with van der Waals surface area (Å²) in [6.07, 6.45) is 10.9. The lowest BCUT2D eigenvalue weighted by atomic mass is 10.1. The van der Waals surface area contributed by atoms with Gasteiger partial charge >= 0.3 is 0 Å². The quantitative estimate of drug-likeness (QED) is 0.265. The van der Waals surface area contributed by atoms with E-state index in [-0.39, 0.29) is 11.5 Å². The summed E-state index contributed by atoms with van der Waals surface area (Å²) < 4.78 is 0. The third kappa shape index (κ3) is 7.40. The summed E-state index contributed by atoms with van der Waals surface area (Å²) in [6, 6.07) is 6.18. The van der Waals surface area contributed by atoms with Crippen molar-refractivity contribution in [2.45, 2.75) is 51.9 Å². The van der Waals surface area contributed by atoms with Gasteiger partial charge in [0.1, 0.15) is 0 Å². The third-order valence-corrected chi connectivity index (χ3v) is 3.34. The van der Waals surface area contributed by atoms with Crippen LogP contribution < -0.4 is 0 Å². The van der Waals surface area contributed by atoms with E-state index in [2.05, 4.69) is 6.92 Å². The highest BCUT2D eigenvalue weighted by molar-refractivity contribution is 5.93. The fraction of sp³-hybridized carbons (Fsp3) is 0.471. The maximum atomic E-state index is 11.7. The topological polar surface area (TPSA) is 60.2 Å². The van der Waals surface area contributed by atoms with Crippen LogP contribution in [0.15, 0.2) is 30.3 Å². The largest absolute Gasteiger partial charge is 0.295 e. The molecule has 1 rings (SSSR count). The zero-order valence-electron chi connectivity index (χ0n) is 12.6. The molecule has 0 spiro atoms. The maximum absolute atomic E-state index is 11.7. The molecule has 0 saturated carbocycles. The second-order valence-corrected chi connectivity index (χ2v) is 5.17. The van der Waals surface area contributed by atoms with Crippen molar-refractivity contribution in [3.8, 4) is 0 Å². The molecular formula is C17H23NO3. The zero-order chi connectivity index (χ0) is 15.5. The SMILES string of the molecule is CCCCCCCCC(=O)/C=C/c1ccc([N+](=O)[O-])cc1. The van der Waals surface area contributed by atoms with Crippen molar-refractivity contribution < 1.29 is 9.72 Å². The Labute approximate surface area is 126 Å². The number of allylic oxidation sites excluding steroid dienone is 1. The Morgan fingerprint density at radius 1 is 1.10 bits per heavy atom. The number of benzene rings is 1. The lowest BCUT2D eigenvalue weighted by molar-refractivity contribution is -0.384. The number of carbonyl (C=O) groups excluding carboxylic acids is 1. The van der Waals surface area contributed by atoms with E-state index in [1.165, 1.54) is 37.8 Å². The highest BCUT2D eigenvalue weighted by Gasteiger charge is 2.02. The van der Waals surface area contributed by atoms with E-state index in [4.69, 9.17) is 0 Å². The first-order valence-corrected chi connectivity index (χ1v) is 7.59. The van der Waals surface area contributed by atoms with Crippen molar-refractivity contribution in [2.24, 2.45) is 0 Å². The predicted octanol–water partition coefficient (Wildman–Crippen LogP) is 4.93. The Kier molecular flexibility index (Phi) is 8.02. The molecule has 0 aliphatic heterocycles. The van der Waals surface area contributed by atoms with E-state index in [0.29, 0.717) is 6.42 Å². The summed E-state index contributed by atoms with van der Waals surface area (Å²) in [5, 5.41) is 10.5. The molecule has 4 heteroatoms. The summed E-state index contributed by atoms with van der Waals surface area (Å²) in [7, 11) is 0. The van der Waals surface area contributed by atoms with Crippen molar-refractivity contribution in [1.29, 1.82) is 0 Å². The minimum Gasteiger partial charge on any atom is -0.295 e. The molecule has 0 bridgehead atoms. The average molecular weight is 289 g/mol. The van der Waals surface area contributed by atoms with Gasteiger partial charge in [-0.1, -0.05) is 45.1 Å². The summed E-state index contributed by atoms with van der Waals surface area (Å²) in [4.78, 5) is 21.8. The molecule has 0 radical (unpaired) electrons. The number of nitrogens with zero attached hydrogens (tertiary/aromatic N) is 1. The highest BCUT2D eigenvalue weighted by Crippen LogP contribution is 2.13. The lowest BCUT2D eigenvalue weighted by Crippen LogP contribution is -1.92. The van der Waals surface area contributed by atoms with Gasteiger partial charge in [-0.3, -0.25) is 14.9 Å². The number of unbranched alkanes of at least 4 members (excludes halogenated alkanes) is 5. The van der Waals surface area contributed by atoms with E-state index in [1.807, 2.05) is 0 Å². The van der Waals surface area contributed by atoms with Crippen LogP contribution in [0.2, 0.25) is 0 Å². The monoisotopic (exact) mass is 289 g/mol. The first-order valence-electron chi connectivity index (χ1n) is 7.59. The van der Waals surface area contributed by atoms with Gasteiger partial charge in [0, 0.05) is 18.6 Å². The van der Waals surface area contributed by atoms with E-state index in [9.17, 15) is 14.9 Å². The molecule has 0 amide bonds. The van der Waals surface area contributed by atoms with Crippen LogP contribution in [-0.2, 0) is 4.79 Å². The second kappa shape index (κ2) is 9.86. The Morgan fingerprint density at radius 2 is 1.71 bits per heavy atom. The van der Waals surface area contributed by atoms with Crippen molar-refractivity contribution >= 4 is 17.5 Å². The minimum absolute atomic E-state index is 0.0607. The van der Waals surface area contributed by atoms with Gasteiger partial charge in [0.25, 0.3) is 5.69 Å².